The fourth-order valence-corrected chi connectivity index (χ4v) is 0.687. The Morgan fingerprint density at radius 3 is 2.62 bits per heavy atom. The zero-order valence-corrected chi connectivity index (χ0v) is 6.16. The van der Waals surface area contributed by atoms with Crippen LogP contribution in [0.25, 0.3) is 0 Å². The van der Waals surface area contributed by atoms with Gasteiger partial charge in [-0.05, 0) is 34.7 Å². The smallest absolute Gasteiger partial charge is 0.133 e. The van der Waals surface area contributed by atoms with Crippen molar-refractivity contribution in [2.24, 2.45) is 0 Å². The molecular weight excluding hydrogens is 217 g/mol. The second-order valence-electron chi connectivity index (χ2n) is 1.34. The highest BCUT2D eigenvalue weighted by Gasteiger charge is 1.85. The van der Waals surface area contributed by atoms with Gasteiger partial charge in [-0.2, -0.15) is 0 Å². The molecule has 0 atom stereocenters. The van der Waals surface area contributed by atoms with Gasteiger partial charge in [-0.25, -0.2) is 4.98 Å². The summed E-state index contributed by atoms with van der Waals surface area (Å²) < 4.78 is 0.889. The summed E-state index contributed by atoms with van der Waals surface area (Å²) in [6, 6.07) is 3.35. The highest BCUT2D eigenvalue weighted by Crippen LogP contribution is 2.06. The number of aromatic hydroxyl groups is 1. The van der Waals surface area contributed by atoms with E-state index >= 15 is 0 Å². The van der Waals surface area contributed by atoms with Crippen molar-refractivity contribution in [3.05, 3.63) is 22.0 Å². The first kappa shape index (κ1) is 5.81. The Balaban J connectivity index is 3.03. The third-order valence-electron chi connectivity index (χ3n) is 0.712. The Labute approximate surface area is 60.7 Å². The topological polar surface area (TPSA) is 33.1 Å². The van der Waals surface area contributed by atoms with Crippen LogP contribution in [0, 0.1) is 3.70 Å². The maximum Gasteiger partial charge on any atom is 0.133 e. The Hall–Kier alpha value is -0.320. The van der Waals surface area contributed by atoms with Crippen LogP contribution < -0.4 is 0 Å². The lowest BCUT2D eigenvalue weighted by atomic mass is 10.5. The molecular formula is C5H4INO. The molecule has 0 saturated carbocycles. The molecule has 0 unspecified atom stereocenters. The van der Waals surface area contributed by atoms with E-state index in [2.05, 4.69) is 27.6 Å². The monoisotopic (exact) mass is 221 g/mol. The summed E-state index contributed by atoms with van der Waals surface area (Å²) in [4.78, 5) is 3.82. The van der Waals surface area contributed by atoms with Gasteiger partial charge in [0.15, 0.2) is 0 Å². The highest BCUT2D eigenvalue weighted by molar-refractivity contribution is 14.1. The van der Waals surface area contributed by atoms with Crippen molar-refractivity contribution in [2.75, 3.05) is 0 Å². The minimum Gasteiger partial charge on any atom is -0.506 e. The van der Waals surface area contributed by atoms with Crippen LogP contribution in [0.2, 0.25) is 0 Å². The Bertz CT molecular complexity index is 151. The van der Waals surface area contributed by atoms with Gasteiger partial charge in [-0.15, -0.1) is 0 Å². The summed E-state index contributed by atoms with van der Waals surface area (Å²) in [5.41, 5.74) is 0. The van der Waals surface area contributed by atoms with E-state index in [1.807, 2.05) is 0 Å². The Morgan fingerprint density at radius 2 is 2.25 bits per heavy atom. The normalized spacial score (nSPS) is 9.12. The molecule has 42 valence electrons. The molecule has 1 rings (SSSR count). The molecule has 8 heavy (non-hydrogen) atoms. The number of aromatic nitrogens is 1. The highest BCUT2D eigenvalue weighted by atomic mass is 127. The first-order valence-corrected chi connectivity index (χ1v) is 3.17. The van der Waals surface area contributed by atoms with Crippen LogP contribution >= 0.6 is 22.6 Å². The number of rotatable bonds is 0. The van der Waals surface area contributed by atoms with Gasteiger partial charge in [0.2, 0.25) is 0 Å². The molecule has 1 aromatic heterocycles. The molecule has 0 spiro atoms. The van der Waals surface area contributed by atoms with Gasteiger partial charge >= 0.3 is 0 Å². The lowest BCUT2D eigenvalue weighted by Gasteiger charge is -1.87. The fraction of sp³-hybridized carbons (Fsp3) is 0. The molecule has 0 saturated heterocycles. The van der Waals surface area contributed by atoms with E-state index in [0.717, 1.165) is 3.70 Å². The minimum absolute atomic E-state index is 0.213. The molecule has 0 amide bonds. The van der Waals surface area contributed by atoms with Crippen molar-refractivity contribution < 1.29 is 5.11 Å². The molecule has 2 nitrogen and oxygen atoms in total. The standard InChI is InChI=1S/C5H4INO/c6-5-2-1-4(8)3-7-5/h1-3,8H. The molecule has 0 aliphatic carbocycles. The summed E-state index contributed by atoms with van der Waals surface area (Å²) >= 11 is 2.07. The maximum absolute atomic E-state index is 8.69. The molecule has 0 aliphatic heterocycles. The molecule has 1 heterocycles. The van der Waals surface area contributed by atoms with Crippen LogP contribution in [-0.4, -0.2) is 10.1 Å². The molecule has 0 aliphatic rings. The van der Waals surface area contributed by atoms with Gasteiger partial charge in [0, 0.05) is 0 Å². The summed E-state index contributed by atoms with van der Waals surface area (Å²) in [5.74, 6) is 0.213. The van der Waals surface area contributed by atoms with E-state index < -0.39 is 0 Å². The lowest BCUT2D eigenvalue weighted by molar-refractivity contribution is 0.472. The van der Waals surface area contributed by atoms with Crippen LogP contribution in [0.4, 0.5) is 0 Å². The van der Waals surface area contributed by atoms with Crippen LogP contribution in [0.5, 0.6) is 5.75 Å². The second-order valence-corrected chi connectivity index (χ2v) is 2.44. The number of halogens is 1. The van der Waals surface area contributed by atoms with Crippen LogP contribution in [-0.2, 0) is 0 Å². The number of pyridine rings is 1. The van der Waals surface area contributed by atoms with Crippen LogP contribution in [0.1, 0.15) is 0 Å². The Kier molecular flexibility index (Phi) is 1.67. The van der Waals surface area contributed by atoms with Crippen molar-refractivity contribution in [2.45, 2.75) is 0 Å². The van der Waals surface area contributed by atoms with E-state index in [-0.39, 0.29) is 5.75 Å². The first-order chi connectivity index (χ1) is 3.79. The molecule has 0 aromatic carbocycles. The van der Waals surface area contributed by atoms with E-state index in [1.165, 1.54) is 6.20 Å². The van der Waals surface area contributed by atoms with E-state index in [1.54, 1.807) is 12.1 Å². The number of nitrogens with zero attached hydrogens (tertiary/aromatic N) is 1. The predicted octanol–water partition coefficient (Wildman–Crippen LogP) is 1.39. The van der Waals surface area contributed by atoms with Crippen molar-refractivity contribution in [1.29, 1.82) is 0 Å². The van der Waals surface area contributed by atoms with Gasteiger partial charge < -0.3 is 5.11 Å². The van der Waals surface area contributed by atoms with Crippen molar-refractivity contribution in [3.8, 4) is 5.75 Å². The maximum atomic E-state index is 8.69. The lowest BCUT2D eigenvalue weighted by Crippen LogP contribution is -1.74. The van der Waals surface area contributed by atoms with Crippen LogP contribution in [0.3, 0.4) is 0 Å². The van der Waals surface area contributed by atoms with E-state index in [4.69, 9.17) is 5.11 Å². The first-order valence-electron chi connectivity index (χ1n) is 2.09. The second kappa shape index (κ2) is 2.30. The average Bonchev–Trinajstić information content (AvgIpc) is 1.77. The zero-order chi connectivity index (χ0) is 5.98. The summed E-state index contributed by atoms with van der Waals surface area (Å²) in [6.07, 6.45) is 1.42. The molecule has 1 N–H and O–H groups in total. The third-order valence-corrected chi connectivity index (χ3v) is 1.35. The third kappa shape index (κ3) is 1.33. The fourth-order valence-electron chi connectivity index (χ4n) is 0.368. The van der Waals surface area contributed by atoms with E-state index in [0.29, 0.717) is 0 Å². The van der Waals surface area contributed by atoms with Gasteiger partial charge in [0.1, 0.15) is 9.45 Å². The molecule has 1 aromatic rings. The van der Waals surface area contributed by atoms with Crippen molar-refractivity contribution in [1.82, 2.24) is 4.98 Å². The minimum atomic E-state index is 0.213. The van der Waals surface area contributed by atoms with E-state index in [9.17, 15) is 0 Å². The quantitative estimate of drug-likeness (QED) is 0.530. The van der Waals surface area contributed by atoms with Crippen molar-refractivity contribution >= 4 is 22.6 Å². The number of hydrogen-bond donors (Lipinski definition) is 1. The molecule has 0 radical (unpaired) electrons. The van der Waals surface area contributed by atoms with Crippen molar-refractivity contribution in [3.63, 3.8) is 0 Å². The average molecular weight is 221 g/mol. The summed E-state index contributed by atoms with van der Waals surface area (Å²) in [6.45, 7) is 0. The number of hydrogen-bond acceptors (Lipinski definition) is 2. The molecule has 0 bridgehead atoms. The largest absolute Gasteiger partial charge is 0.506 e. The molecule has 0 fully saturated rings. The molecule has 3 heteroatoms. The SMILES string of the molecule is Oc1ccc(I)nc1. The summed E-state index contributed by atoms with van der Waals surface area (Å²) in [7, 11) is 0. The van der Waals surface area contributed by atoms with Gasteiger partial charge in [0.05, 0.1) is 6.20 Å². The Morgan fingerprint density at radius 1 is 1.50 bits per heavy atom. The van der Waals surface area contributed by atoms with Crippen LogP contribution in [0.15, 0.2) is 18.3 Å². The predicted molar refractivity (Wildman–Crippen MR) is 38.6 cm³/mol. The zero-order valence-electron chi connectivity index (χ0n) is 4.00. The van der Waals surface area contributed by atoms with Gasteiger partial charge in [-0.1, -0.05) is 0 Å². The summed E-state index contributed by atoms with van der Waals surface area (Å²) in [5, 5.41) is 8.69. The van der Waals surface area contributed by atoms with Gasteiger partial charge in [-0.3, -0.25) is 0 Å². The van der Waals surface area contributed by atoms with Gasteiger partial charge in [0.25, 0.3) is 0 Å².